The predicted octanol–water partition coefficient (Wildman–Crippen LogP) is 3.27. The Morgan fingerprint density at radius 1 is 1.38 bits per heavy atom. The summed E-state index contributed by atoms with van der Waals surface area (Å²) in [6.45, 7) is 2.94. The van der Waals surface area contributed by atoms with Gasteiger partial charge in [-0.3, -0.25) is 4.79 Å². The maximum absolute atomic E-state index is 12.9. The van der Waals surface area contributed by atoms with Crippen LogP contribution in [0, 0.1) is 0 Å². The molecule has 5 nitrogen and oxygen atoms in total. The van der Waals surface area contributed by atoms with Crippen LogP contribution in [0.1, 0.15) is 46.5 Å². The standard InChI is InChI=1S/C14H19ClN4O.CH4/c1-3-14-7-5-4-6-8-19(14)11-10(18(2)12(14)20)9-16-13(15)17-11;/h9H,3-8H2,1-2H3;1H4. The van der Waals surface area contributed by atoms with Crippen LogP contribution in [0.3, 0.4) is 0 Å². The lowest BCUT2D eigenvalue weighted by atomic mass is 9.85. The zero-order valence-electron chi connectivity index (χ0n) is 11.9. The van der Waals surface area contributed by atoms with E-state index in [2.05, 4.69) is 21.8 Å². The molecule has 0 aromatic carbocycles. The minimum Gasteiger partial charge on any atom is -0.340 e. The van der Waals surface area contributed by atoms with Crippen molar-refractivity contribution >= 4 is 29.0 Å². The molecule has 0 saturated carbocycles. The molecule has 21 heavy (non-hydrogen) atoms. The van der Waals surface area contributed by atoms with Crippen molar-refractivity contribution in [1.29, 1.82) is 0 Å². The van der Waals surface area contributed by atoms with Gasteiger partial charge in [0, 0.05) is 13.6 Å². The molecule has 1 aromatic heterocycles. The highest BCUT2D eigenvalue weighted by Gasteiger charge is 2.50. The Kier molecular flexibility index (Phi) is 4.42. The minimum absolute atomic E-state index is 0. The summed E-state index contributed by atoms with van der Waals surface area (Å²) in [5.41, 5.74) is 0.293. The van der Waals surface area contributed by atoms with E-state index in [0.717, 1.165) is 50.2 Å². The lowest BCUT2D eigenvalue weighted by Crippen LogP contribution is -2.62. The molecular formula is C15H23ClN4O. The second kappa shape index (κ2) is 5.79. The van der Waals surface area contributed by atoms with Crippen LogP contribution in [0.2, 0.25) is 5.28 Å². The van der Waals surface area contributed by atoms with E-state index >= 15 is 0 Å². The molecule has 3 heterocycles. The Balaban J connectivity index is 0.00000161. The molecule has 0 radical (unpaired) electrons. The quantitative estimate of drug-likeness (QED) is 0.747. The molecule has 1 atom stereocenters. The topological polar surface area (TPSA) is 49.3 Å². The van der Waals surface area contributed by atoms with Crippen molar-refractivity contribution in [2.75, 3.05) is 23.4 Å². The number of rotatable bonds is 1. The second-order valence-corrected chi connectivity index (χ2v) is 5.90. The Morgan fingerprint density at radius 3 is 2.86 bits per heavy atom. The first-order chi connectivity index (χ1) is 9.60. The van der Waals surface area contributed by atoms with Gasteiger partial charge in [-0.15, -0.1) is 0 Å². The Bertz CT molecular complexity index is 550. The molecule has 2 aliphatic heterocycles. The van der Waals surface area contributed by atoms with Gasteiger partial charge in [-0.1, -0.05) is 27.2 Å². The van der Waals surface area contributed by atoms with Gasteiger partial charge in [0.05, 0.1) is 6.20 Å². The second-order valence-electron chi connectivity index (χ2n) is 5.56. The molecular weight excluding hydrogens is 288 g/mol. The normalized spacial score (nSPS) is 24.8. The van der Waals surface area contributed by atoms with E-state index in [9.17, 15) is 4.79 Å². The summed E-state index contributed by atoms with van der Waals surface area (Å²) < 4.78 is 0. The number of carbonyl (C=O) groups is 1. The lowest BCUT2D eigenvalue weighted by Gasteiger charge is -2.48. The SMILES string of the molecule is C.CCC12CCCCCN1c1nc(Cl)ncc1N(C)C2=O. The lowest BCUT2D eigenvalue weighted by molar-refractivity contribution is -0.124. The summed E-state index contributed by atoms with van der Waals surface area (Å²) in [6.07, 6.45) is 6.64. The van der Waals surface area contributed by atoms with Gasteiger partial charge in [-0.05, 0) is 30.9 Å². The number of aromatic nitrogens is 2. The summed E-state index contributed by atoms with van der Waals surface area (Å²) in [7, 11) is 1.80. The number of anilines is 2. The van der Waals surface area contributed by atoms with Crippen molar-refractivity contribution in [3.05, 3.63) is 11.5 Å². The van der Waals surface area contributed by atoms with Crippen LogP contribution in [0.5, 0.6) is 0 Å². The van der Waals surface area contributed by atoms with E-state index in [1.807, 2.05) is 0 Å². The zero-order chi connectivity index (χ0) is 14.3. The van der Waals surface area contributed by atoms with E-state index < -0.39 is 5.54 Å². The van der Waals surface area contributed by atoms with E-state index in [4.69, 9.17) is 11.6 Å². The fourth-order valence-electron chi connectivity index (χ4n) is 3.47. The van der Waals surface area contributed by atoms with Crippen LogP contribution in [0.4, 0.5) is 11.5 Å². The first-order valence-corrected chi connectivity index (χ1v) is 7.56. The van der Waals surface area contributed by atoms with Crippen molar-refractivity contribution in [2.45, 2.75) is 52.0 Å². The fourth-order valence-corrected chi connectivity index (χ4v) is 3.59. The van der Waals surface area contributed by atoms with Crippen LogP contribution < -0.4 is 9.80 Å². The molecule has 1 saturated heterocycles. The molecule has 6 heteroatoms. The van der Waals surface area contributed by atoms with Crippen LogP contribution in [0.15, 0.2) is 6.20 Å². The average Bonchev–Trinajstić information content (AvgIpc) is 2.68. The van der Waals surface area contributed by atoms with Crippen LogP contribution >= 0.6 is 11.6 Å². The minimum atomic E-state index is -0.462. The molecule has 0 spiro atoms. The molecule has 1 aromatic rings. The van der Waals surface area contributed by atoms with E-state index in [0.29, 0.717) is 0 Å². The van der Waals surface area contributed by atoms with Crippen molar-refractivity contribution in [3.8, 4) is 0 Å². The third-order valence-corrected chi connectivity index (χ3v) is 4.80. The number of likely N-dealkylation sites (N-methyl/N-ethyl adjacent to an activating group) is 1. The zero-order valence-corrected chi connectivity index (χ0v) is 12.7. The van der Waals surface area contributed by atoms with Gasteiger partial charge in [-0.25, -0.2) is 4.98 Å². The number of hydrogen-bond acceptors (Lipinski definition) is 4. The molecule has 1 amide bonds. The summed E-state index contributed by atoms with van der Waals surface area (Å²) in [6, 6.07) is 0. The summed E-state index contributed by atoms with van der Waals surface area (Å²) >= 11 is 5.97. The number of halogens is 1. The smallest absolute Gasteiger partial charge is 0.252 e. The Hall–Kier alpha value is -1.36. The van der Waals surface area contributed by atoms with Crippen molar-refractivity contribution in [3.63, 3.8) is 0 Å². The van der Waals surface area contributed by atoms with Gasteiger partial charge < -0.3 is 9.80 Å². The largest absolute Gasteiger partial charge is 0.340 e. The molecule has 116 valence electrons. The maximum Gasteiger partial charge on any atom is 0.252 e. The van der Waals surface area contributed by atoms with Gasteiger partial charge in [0.15, 0.2) is 5.82 Å². The third kappa shape index (κ3) is 2.27. The summed E-state index contributed by atoms with van der Waals surface area (Å²) in [4.78, 5) is 25.2. The Morgan fingerprint density at radius 2 is 2.14 bits per heavy atom. The van der Waals surface area contributed by atoms with E-state index in [-0.39, 0.29) is 18.6 Å². The highest BCUT2D eigenvalue weighted by atomic mass is 35.5. The van der Waals surface area contributed by atoms with E-state index in [1.54, 1.807) is 18.1 Å². The predicted molar refractivity (Wildman–Crippen MR) is 86.0 cm³/mol. The monoisotopic (exact) mass is 310 g/mol. The maximum atomic E-state index is 12.9. The van der Waals surface area contributed by atoms with Gasteiger partial charge in [0.25, 0.3) is 5.91 Å². The molecule has 1 unspecified atom stereocenters. The van der Waals surface area contributed by atoms with Gasteiger partial charge in [0.1, 0.15) is 11.2 Å². The van der Waals surface area contributed by atoms with Crippen LogP contribution in [0.25, 0.3) is 0 Å². The molecule has 0 aliphatic carbocycles. The average molecular weight is 311 g/mol. The third-order valence-electron chi connectivity index (χ3n) is 4.61. The molecule has 0 bridgehead atoms. The van der Waals surface area contributed by atoms with Gasteiger partial charge in [-0.2, -0.15) is 4.98 Å². The number of nitrogens with zero attached hydrogens (tertiary/aromatic N) is 4. The van der Waals surface area contributed by atoms with Gasteiger partial charge in [0.2, 0.25) is 5.28 Å². The first kappa shape index (κ1) is 16.0. The summed E-state index contributed by atoms with van der Waals surface area (Å²) in [5.74, 6) is 0.955. The van der Waals surface area contributed by atoms with E-state index in [1.165, 1.54) is 0 Å². The van der Waals surface area contributed by atoms with Crippen LogP contribution in [-0.2, 0) is 4.79 Å². The molecule has 1 fully saturated rings. The van der Waals surface area contributed by atoms with Gasteiger partial charge >= 0.3 is 0 Å². The van der Waals surface area contributed by atoms with Crippen molar-refractivity contribution < 1.29 is 4.79 Å². The number of amides is 1. The summed E-state index contributed by atoms with van der Waals surface area (Å²) in [5, 5.41) is 0.237. The number of carbonyl (C=O) groups excluding carboxylic acids is 1. The molecule has 2 aliphatic rings. The number of fused-ring (bicyclic) bond motifs is 3. The first-order valence-electron chi connectivity index (χ1n) is 7.18. The molecule has 3 rings (SSSR count). The van der Waals surface area contributed by atoms with Crippen LogP contribution in [-0.4, -0.2) is 35.0 Å². The van der Waals surface area contributed by atoms with Crippen molar-refractivity contribution in [2.24, 2.45) is 0 Å². The highest BCUT2D eigenvalue weighted by molar-refractivity contribution is 6.28. The molecule has 0 N–H and O–H groups in total. The number of hydrogen-bond donors (Lipinski definition) is 0. The Labute approximate surface area is 131 Å². The fraction of sp³-hybridized carbons (Fsp3) is 0.667. The highest BCUT2D eigenvalue weighted by Crippen LogP contribution is 2.43. The van der Waals surface area contributed by atoms with Crippen molar-refractivity contribution in [1.82, 2.24) is 9.97 Å².